The minimum atomic E-state index is 0.264. The van der Waals surface area contributed by atoms with Crippen LogP contribution < -0.4 is 5.73 Å². The van der Waals surface area contributed by atoms with Gasteiger partial charge in [0.2, 0.25) is 0 Å². The van der Waals surface area contributed by atoms with E-state index in [1.807, 2.05) is 24.3 Å². The second-order valence-corrected chi connectivity index (χ2v) is 5.52. The van der Waals surface area contributed by atoms with Gasteiger partial charge in [0, 0.05) is 21.8 Å². The largest absolute Gasteiger partial charge is 0.383 e. The van der Waals surface area contributed by atoms with Gasteiger partial charge in [-0.1, -0.05) is 43.6 Å². The first kappa shape index (κ1) is 14.4. The van der Waals surface area contributed by atoms with Crippen molar-refractivity contribution in [2.75, 3.05) is 5.73 Å². The van der Waals surface area contributed by atoms with Gasteiger partial charge in [0.1, 0.15) is 17.5 Å². The summed E-state index contributed by atoms with van der Waals surface area (Å²) >= 11 is 6.23. The predicted octanol–water partition coefficient (Wildman–Crippen LogP) is 4.05. The molecule has 2 N–H and O–H groups in total. The van der Waals surface area contributed by atoms with Crippen LogP contribution in [0.25, 0.3) is 11.1 Å². The number of anilines is 1. The molecule has 0 fully saturated rings. The van der Waals surface area contributed by atoms with Crippen LogP contribution in [0.3, 0.4) is 0 Å². The SMILES string of the molecule is CC(C)Cc1cc(-c2ccccc2Cl)c(C#N)c(N)n1. The highest BCUT2D eigenvalue weighted by Crippen LogP contribution is 2.32. The highest BCUT2D eigenvalue weighted by Gasteiger charge is 2.14. The number of nitrogens with zero attached hydrogens (tertiary/aromatic N) is 2. The van der Waals surface area contributed by atoms with Crippen molar-refractivity contribution in [1.29, 1.82) is 5.26 Å². The maximum Gasteiger partial charge on any atom is 0.142 e. The molecule has 3 nitrogen and oxygen atoms in total. The Morgan fingerprint density at radius 1 is 1.30 bits per heavy atom. The maximum absolute atomic E-state index is 9.31. The van der Waals surface area contributed by atoms with Crippen molar-refractivity contribution in [1.82, 2.24) is 4.98 Å². The molecular formula is C16H16ClN3. The summed E-state index contributed by atoms with van der Waals surface area (Å²) in [4.78, 5) is 4.31. The minimum absolute atomic E-state index is 0.264. The Morgan fingerprint density at radius 2 is 2.00 bits per heavy atom. The number of halogens is 1. The summed E-state index contributed by atoms with van der Waals surface area (Å²) in [7, 11) is 0. The fourth-order valence-electron chi connectivity index (χ4n) is 2.15. The van der Waals surface area contributed by atoms with Gasteiger partial charge in [0.25, 0.3) is 0 Å². The van der Waals surface area contributed by atoms with E-state index in [0.717, 1.165) is 23.2 Å². The van der Waals surface area contributed by atoms with Crippen LogP contribution in [0.5, 0.6) is 0 Å². The molecule has 0 unspecified atom stereocenters. The van der Waals surface area contributed by atoms with E-state index in [0.29, 0.717) is 16.5 Å². The van der Waals surface area contributed by atoms with E-state index in [9.17, 15) is 5.26 Å². The van der Waals surface area contributed by atoms with Crippen LogP contribution in [-0.4, -0.2) is 4.98 Å². The fraction of sp³-hybridized carbons (Fsp3) is 0.250. The van der Waals surface area contributed by atoms with Gasteiger partial charge in [-0.25, -0.2) is 4.98 Å². The van der Waals surface area contributed by atoms with E-state index in [1.165, 1.54) is 0 Å². The lowest BCUT2D eigenvalue weighted by atomic mass is 9.98. The quantitative estimate of drug-likeness (QED) is 0.925. The van der Waals surface area contributed by atoms with Crippen molar-refractivity contribution in [3.8, 4) is 17.2 Å². The number of nitrogens with two attached hydrogens (primary N) is 1. The molecule has 2 aromatic rings. The molecule has 102 valence electrons. The molecule has 0 radical (unpaired) electrons. The van der Waals surface area contributed by atoms with Gasteiger partial charge < -0.3 is 5.73 Å². The minimum Gasteiger partial charge on any atom is -0.383 e. The van der Waals surface area contributed by atoms with Gasteiger partial charge in [-0.05, 0) is 24.5 Å². The number of aromatic nitrogens is 1. The second kappa shape index (κ2) is 5.94. The predicted molar refractivity (Wildman–Crippen MR) is 82.4 cm³/mol. The number of nitriles is 1. The van der Waals surface area contributed by atoms with Crippen molar-refractivity contribution in [3.05, 3.63) is 46.6 Å². The normalized spacial score (nSPS) is 10.6. The lowest BCUT2D eigenvalue weighted by Crippen LogP contribution is -2.04. The standard InChI is InChI=1S/C16H16ClN3/c1-10(2)7-11-8-13(14(9-18)16(19)20-11)12-5-3-4-6-15(12)17/h3-6,8,10H,7H2,1-2H3,(H2,19,20). The van der Waals surface area contributed by atoms with Gasteiger partial charge in [-0.3, -0.25) is 0 Å². The summed E-state index contributed by atoms with van der Waals surface area (Å²) in [6, 6.07) is 11.5. The number of hydrogen-bond acceptors (Lipinski definition) is 3. The molecule has 0 aliphatic heterocycles. The smallest absolute Gasteiger partial charge is 0.142 e. The third-order valence-electron chi connectivity index (χ3n) is 2.99. The number of pyridine rings is 1. The molecular weight excluding hydrogens is 270 g/mol. The van der Waals surface area contributed by atoms with Crippen molar-refractivity contribution in [2.24, 2.45) is 5.92 Å². The number of nitrogen functional groups attached to an aromatic ring is 1. The molecule has 0 spiro atoms. The molecule has 0 atom stereocenters. The lowest BCUT2D eigenvalue weighted by molar-refractivity contribution is 0.636. The molecule has 2 rings (SSSR count). The van der Waals surface area contributed by atoms with Crippen molar-refractivity contribution in [3.63, 3.8) is 0 Å². The molecule has 0 amide bonds. The Hall–Kier alpha value is -2.05. The molecule has 1 heterocycles. The molecule has 0 saturated heterocycles. The second-order valence-electron chi connectivity index (χ2n) is 5.11. The summed E-state index contributed by atoms with van der Waals surface area (Å²) in [5.41, 5.74) is 8.74. The van der Waals surface area contributed by atoms with Crippen LogP contribution in [0.4, 0.5) is 5.82 Å². The molecule has 0 aliphatic rings. The van der Waals surface area contributed by atoms with Gasteiger partial charge >= 0.3 is 0 Å². The summed E-state index contributed by atoms with van der Waals surface area (Å²) in [5.74, 6) is 0.731. The van der Waals surface area contributed by atoms with E-state index in [2.05, 4.69) is 24.9 Å². The third kappa shape index (κ3) is 2.92. The molecule has 4 heteroatoms. The first-order chi connectivity index (χ1) is 9.52. The summed E-state index contributed by atoms with van der Waals surface area (Å²) in [6.45, 7) is 4.23. The monoisotopic (exact) mass is 285 g/mol. The van der Waals surface area contributed by atoms with E-state index in [-0.39, 0.29) is 5.82 Å². The molecule has 20 heavy (non-hydrogen) atoms. The Labute approximate surface area is 124 Å². The number of rotatable bonds is 3. The van der Waals surface area contributed by atoms with E-state index < -0.39 is 0 Å². The van der Waals surface area contributed by atoms with Crippen LogP contribution >= 0.6 is 11.6 Å². The number of benzene rings is 1. The van der Waals surface area contributed by atoms with Crippen LogP contribution in [0, 0.1) is 17.2 Å². The Kier molecular flexibility index (Phi) is 4.26. The molecule has 1 aromatic carbocycles. The van der Waals surface area contributed by atoms with Crippen LogP contribution in [-0.2, 0) is 6.42 Å². The first-order valence-corrected chi connectivity index (χ1v) is 6.85. The third-order valence-corrected chi connectivity index (χ3v) is 3.32. The Morgan fingerprint density at radius 3 is 2.60 bits per heavy atom. The Bertz CT molecular complexity index is 672. The van der Waals surface area contributed by atoms with Gasteiger partial charge in [0.05, 0.1) is 0 Å². The van der Waals surface area contributed by atoms with E-state index in [4.69, 9.17) is 17.3 Å². The van der Waals surface area contributed by atoms with Gasteiger partial charge in [-0.2, -0.15) is 5.26 Å². The average Bonchev–Trinajstić information content (AvgIpc) is 2.38. The molecule has 1 aromatic heterocycles. The van der Waals surface area contributed by atoms with Gasteiger partial charge in [-0.15, -0.1) is 0 Å². The molecule has 0 aliphatic carbocycles. The van der Waals surface area contributed by atoms with Crippen LogP contribution in [0.1, 0.15) is 25.1 Å². The zero-order chi connectivity index (χ0) is 14.7. The highest BCUT2D eigenvalue weighted by molar-refractivity contribution is 6.33. The topological polar surface area (TPSA) is 62.7 Å². The summed E-state index contributed by atoms with van der Waals surface area (Å²) in [5, 5.41) is 9.91. The van der Waals surface area contributed by atoms with Crippen LogP contribution in [0.2, 0.25) is 5.02 Å². The zero-order valence-electron chi connectivity index (χ0n) is 11.5. The maximum atomic E-state index is 9.31. The Balaban J connectivity index is 2.64. The number of hydrogen-bond donors (Lipinski definition) is 1. The van der Waals surface area contributed by atoms with Crippen LogP contribution in [0.15, 0.2) is 30.3 Å². The summed E-state index contributed by atoms with van der Waals surface area (Å²) < 4.78 is 0. The van der Waals surface area contributed by atoms with E-state index in [1.54, 1.807) is 6.07 Å². The summed E-state index contributed by atoms with van der Waals surface area (Å²) in [6.07, 6.45) is 0.813. The zero-order valence-corrected chi connectivity index (χ0v) is 12.3. The average molecular weight is 286 g/mol. The van der Waals surface area contributed by atoms with Gasteiger partial charge in [0.15, 0.2) is 0 Å². The van der Waals surface area contributed by atoms with E-state index >= 15 is 0 Å². The first-order valence-electron chi connectivity index (χ1n) is 6.47. The molecule has 0 saturated carbocycles. The fourth-order valence-corrected chi connectivity index (χ4v) is 2.39. The highest BCUT2D eigenvalue weighted by atomic mass is 35.5. The van der Waals surface area contributed by atoms with Crippen molar-refractivity contribution >= 4 is 17.4 Å². The lowest BCUT2D eigenvalue weighted by Gasteiger charge is -2.12. The van der Waals surface area contributed by atoms with Crippen molar-refractivity contribution < 1.29 is 0 Å². The molecule has 0 bridgehead atoms. The van der Waals surface area contributed by atoms with Crippen molar-refractivity contribution in [2.45, 2.75) is 20.3 Å².